The van der Waals surface area contributed by atoms with Gasteiger partial charge in [0.15, 0.2) is 0 Å². The Morgan fingerprint density at radius 3 is 1.24 bits per heavy atom. The number of nitrogens with one attached hydrogen (secondary N) is 1. The lowest BCUT2D eigenvalue weighted by atomic mass is 10.0. The minimum Gasteiger partial charge on any atom is -0.466 e. The molecule has 364 valence electrons. The molecule has 0 aliphatic carbocycles. The molecule has 3 N–H and O–H groups in total. The second-order valence-electron chi connectivity index (χ2n) is 18.6. The molecule has 1 amide bonds. The molecule has 0 heterocycles. The highest BCUT2D eigenvalue weighted by Gasteiger charge is 2.20. The fourth-order valence-corrected chi connectivity index (χ4v) is 8.19. The SMILES string of the molecule is CCCCCCCCC/C=C\CCCCCCCC(=O)OCCCCC/C=C\C/C=C\CCCCCCCCCC(=O)NC(CO)C(O)CCCCCCCCCCCCCC. The average Bonchev–Trinajstić information content (AvgIpc) is 3.27. The van der Waals surface area contributed by atoms with Crippen molar-refractivity contribution in [3.63, 3.8) is 0 Å². The summed E-state index contributed by atoms with van der Waals surface area (Å²) in [5.41, 5.74) is 0. The molecule has 0 saturated carbocycles. The van der Waals surface area contributed by atoms with E-state index >= 15 is 0 Å². The standard InChI is InChI=1S/C56H105NO5/c1-3-5-7-9-11-13-15-17-18-23-26-30-34-38-42-46-50-56(61)62-51-47-43-39-35-31-27-24-21-19-20-22-25-29-33-37-41-45-49-55(60)57-53(52-58)54(59)48-44-40-36-32-28-16-14-12-10-8-6-4-2/h18-19,21,23,27,31,53-54,58-59H,3-17,20,22,24-26,28-30,32-52H2,1-2H3,(H,57,60)/b21-19-,23-18-,31-27-. The van der Waals surface area contributed by atoms with E-state index in [2.05, 4.69) is 55.6 Å². The Hall–Kier alpha value is -1.92. The van der Waals surface area contributed by atoms with Gasteiger partial charge in [-0.15, -0.1) is 0 Å². The van der Waals surface area contributed by atoms with Gasteiger partial charge in [0.25, 0.3) is 0 Å². The van der Waals surface area contributed by atoms with Crippen LogP contribution in [0.4, 0.5) is 0 Å². The molecule has 0 saturated heterocycles. The molecule has 0 radical (unpaired) electrons. The Morgan fingerprint density at radius 1 is 0.452 bits per heavy atom. The van der Waals surface area contributed by atoms with Gasteiger partial charge in [0.05, 0.1) is 25.4 Å². The smallest absolute Gasteiger partial charge is 0.305 e. The first-order valence-corrected chi connectivity index (χ1v) is 27.2. The van der Waals surface area contributed by atoms with Crippen molar-refractivity contribution in [2.45, 2.75) is 296 Å². The van der Waals surface area contributed by atoms with Crippen LogP contribution in [0, 0.1) is 0 Å². The topological polar surface area (TPSA) is 95.9 Å². The molecule has 0 spiro atoms. The zero-order chi connectivity index (χ0) is 45.1. The third kappa shape index (κ3) is 47.6. The highest BCUT2D eigenvalue weighted by Crippen LogP contribution is 2.16. The van der Waals surface area contributed by atoms with E-state index in [1.54, 1.807) is 0 Å². The first-order valence-electron chi connectivity index (χ1n) is 27.2. The minimum absolute atomic E-state index is 0.0232. The predicted octanol–water partition coefficient (Wildman–Crippen LogP) is 16.5. The van der Waals surface area contributed by atoms with Crippen molar-refractivity contribution in [1.82, 2.24) is 5.32 Å². The van der Waals surface area contributed by atoms with Crippen molar-refractivity contribution in [3.05, 3.63) is 36.5 Å². The lowest BCUT2D eigenvalue weighted by Crippen LogP contribution is -2.45. The molecule has 0 aliphatic heterocycles. The second-order valence-corrected chi connectivity index (χ2v) is 18.6. The number of esters is 1. The number of carbonyl (C=O) groups excluding carboxylic acids is 2. The average molecular weight is 872 g/mol. The first-order chi connectivity index (χ1) is 30.5. The van der Waals surface area contributed by atoms with Crippen LogP contribution in [0.1, 0.15) is 284 Å². The number of rotatable bonds is 50. The summed E-state index contributed by atoms with van der Waals surface area (Å²) in [5, 5.41) is 23.2. The van der Waals surface area contributed by atoms with E-state index in [1.807, 2.05) is 0 Å². The first kappa shape index (κ1) is 60.1. The maximum absolute atomic E-state index is 12.4. The molecule has 0 aromatic rings. The lowest BCUT2D eigenvalue weighted by Gasteiger charge is -2.22. The van der Waals surface area contributed by atoms with Crippen LogP contribution >= 0.6 is 0 Å². The molecule has 0 bridgehead atoms. The van der Waals surface area contributed by atoms with Crippen LogP contribution in [0.2, 0.25) is 0 Å². The minimum atomic E-state index is -0.674. The molecule has 2 atom stereocenters. The van der Waals surface area contributed by atoms with Crippen molar-refractivity contribution in [2.24, 2.45) is 0 Å². The van der Waals surface area contributed by atoms with E-state index in [0.29, 0.717) is 25.9 Å². The molecule has 0 fully saturated rings. The van der Waals surface area contributed by atoms with Crippen molar-refractivity contribution >= 4 is 11.9 Å². The van der Waals surface area contributed by atoms with Gasteiger partial charge in [0.2, 0.25) is 5.91 Å². The molecule has 0 aliphatic rings. The summed E-state index contributed by atoms with van der Waals surface area (Å²) in [6.45, 7) is 4.89. The highest BCUT2D eigenvalue weighted by atomic mass is 16.5. The van der Waals surface area contributed by atoms with Gasteiger partial charge < -0.3 is 20.3 Å². The number of aliphatic hydroxyl groups excluding tert-OH is 2. The lowest BCUT2D eigenvalue weighted by molar-refractivity contribution is -0.143. The summed E-state index contributed by atoms with van der Waals surface area (Å²) < 4.78 is 5.45. The van der Waals surface area contributed by atoms with Gasteiger partial charge in [-0.05, 0) is 89.9 Å². The van der Waals surface area contributed by atoms with Crippen LogP contribution in [0.3, 0.4) is 0 Å². The Morgan fingerprint density at radius 2 is 0.806 bits per heavy atom. The van der Waals surface area contributed by atoms with Gasteiger partial charge in [-0.2, -0.15) is 0 Å². The van der Waals surface area contributed by atoms with Gasteiger partial charge >= 0.3 is 5.97 Å². The van der Waals surface area contributed by atoms with Crippen LogP contribution in [-0.2, 0) is 14.3 Å². The van der Waals surface area contributed by atoms with Crippen LogP contribution in [-0.4, -0.2) is 47.4 Å². The monoisotopic (exact) mass is 872 g/mol. The van der Waals surface area contributed by atoms with Crippen molar-refractivity contribution in [1.29, 1.82) is 0 Å². The van der Waals surface area contributed by atoms with E-state index in [1.165, 1.54) is 167 Å². The van der Waals surface area contributed by atoms with E-state index in [9.17, 15) is 19.8 Å². The molecule has 2 unspecified atom stereocenters. The zero-order valence-electron chi connectivity index (χ0n) is 41.4. The van der Waals surface area contributed by atoms with Crippen LogP contribution in [0.25, 0.3) is 0 Å². The molecule has 6 heteroatoms. The number of carbonyl (C=O) groups is 2. The second kappa shape index (κ2) is 51.7. The molecular weight excluding hydrogens is 767 g/mol. The van der Waals surface area contributed by atoms with Gasteiger partial charge in [-0.25, -0.2) is 0 Å². The third-order valence-corrected chi connectivity index (χ3v) is 12.4. The summed E-state index contributed by atoms with van der Waals surface area (Å²) >= 11 is 0. The molecule has 0 aromatic heterocycles. The molecular formula is C56H105NO5. The van der Waals surface area contributed by atoms with Crippen molar-refractivity contribution < 1.29 is 24.5 Å². The van der Waals surface area contributed by atoms with Gasteiger partial charge in [0.1, 0.15) is 0 Å². The number of amides is 1. The maximum atomic E-state index is 12.4. The normalized spacial score (nSPS) is 12.9. The number of unbranched alkanes of at least 4 members (excludes halogenated alkanes) is 33. The van der Waals surface area contributed by atoms with Crippen LogP contribution < -0.4 is 5.32 Å². The van der Waals surface area contributed by atoms with Gasteiger partial charge in [-0.1, -0.05) is 217 Å². The Bertz CT molecular complexity index is 1010. The highest BCUT2D eigenvalue weighted by molar-refractivity contribution is 5.76. The zero-order valence-corrected chi connectivity index (χ0v) is 41.4. The van der Waals surface area contributed by atoms with Gasteiger partial charge in [-0.3, -0.25) is 9.59 Å². The summed E-state index contributed by atoms with van der Waals surface area (Å²) in [5.74, 6) is -0.0756. The van der Waals surface area contributed by atoms with E-state index in [0.717, 1.165) is 83.5 Å². The largest absolute Gasteiger partial charge is 0.466 e. The maximum Gasteiger partial charge on any atom is 0.305 e. The quantitative estimate of drug-likeness (QED) is 0.0321. The van der Waals surface area contributed by atoms with Crippen molar-refractivity contribution in [2.75, 3.05) is 13.2 Å². The fourth-order valence-electron chi connectivity index (χ4n) is 8.19. The number of hydrogen-bond donors (Lipinski definition) is 3. The number of allylic oxidation sites excluding steroid dienone is 6. The Balaban J connectivity index is 3.50. The molecule has 0 aromatic carbocycles. The molecule has 0 rings (SSSR count). The van der Waals surface area contributed by atoms with Crippen LogP contribution in [0.15, 0.2) is 36.5 Å². The number of ether oxygens (including phenoxy) is 1. The van der Waals surface area contributed by atoms with Gasteiger partial charge in [0, 0.05) is 12.8 Å². The third-order valence-electron chi connectivity index (χ3n) is 12.4. The van der Waals surface area contributed by atoms with Crippen molar-refractivity contribution in [3.8, 4) is 0 Å². The van der Waals surface area contributed by atoms with E-state index in [-0.39, 0.29) is 18.5 Å². The number of hydrogen-bond acceptors (Lipinski definition) is 5. The van der Waals surface area contributed by atoms with E-state index in [4.69, 9.17) is 4.74 Å². The Labute approximate surface area is 385 Å². The summed E-state index contributed by atoms with van der Waals surface area (Å²) in [7, 11) is 0. The summed E-state index contributed by atoms with van der Waals surface area (Å²) in [6, 6.07) is -0.553. The fraction of sp³-hybridized carbons (Fsp3) is 0.857. The summed E-state index contributed by atoms with van der Waals surface area (Å²) in [6.07, 6.45) is 62.7. The molecule has 6 nitrogen and oxygen atoms in total. The van der Waals surface area contributed by atoms with E-state index < -0.39 is 12.1 Å². The predicted molar refractivity (Wildman–Crippen MR) is 269 cm³/mol. The summed E-state index contributed by atoms with van der Waals surface area (Å²) in [4.78, 5) is 24.5. The molecule has 62 heavy (non-hydrogen) atoms. The Kier molecular flexibility index (Phi) is 50.1. The van der Waals surface area contributed by atoms with Crippen LogP contribution in [0.5, 0.6) is 0 Å². The number of aliphatic hydroxyl groups is 2.